The molecule has 1 radical (unpaired) electrons. The zero-order chi connectivity index (χ0) is 13.0. The van der Waals surface area contributed by atoms with Gasteiger partial charge in [-0.1, -0.05) is 36.4 Å². The molecule has 2 rings (SSSR count). The van der Waals surface area contributed by atoms with Crippen molar-refractivity contribution in [3.05, 3.63) is 65.2 Å². The van der Waals surface area contributed by atoms with E-state index in [0.717, 1.165) is 0 Å². The lowest BCUT2D eigenvalue weighted by Crippen LogP contribution is -2.07. The third kappa shape index (κ3) is 2.15. The van der Waals surface area contributed by atoms with Crippen molar-refractivity contribution in [1.29, 1.82) is 0 Å². The molecule has 0 bridgehead atoms. The summed E-state index contributed by atoms with van der Waals surface area (Å²) in [4.78, 5) is 23.2. The Bertz CT molecular complexity index is 574. The second-order valence-electron chi connectivity index (χ2n) is 3.68. The maximum atomic E-state index is 12.3. The van der Waals surface area contributed by atoms with E-state index >= 15 is 0 Å². The highest BCUT2D eigenvalue weighted by Gasteiger charge is 2.18. The summed E-state index contributed by atoms with van der Waals surface area (Å²) in [7, 11) is 1.46. The molecule has 2 aromatic carbocycles. The molecule has 0 saturated heterocycles. The molecular formula is C15H11O3. The fourth-order valence-electron chi connectivity index (χ4n) is 1.75. The van der Waals surface area contributed by atoms with Crippen molar-refractivity contribution >= 4 is 12.1 Å². The summed E-state index contributed by atoms with van der Waals surface area (Å²) in [6.45, 7) is 0. The highest BCUT2D eigenvalue weighted by atomic mass is 16.5. The Hall–Kier alpha value is -2.42. The molecule has 0 N–H and O–H groups in total. The van der Waals surface area contributed by atoms with Gasteiger partial charge in [-0.2, -0.15) is 0 Å². The number of hydrogen-bond donors (Lipinski definition) is 0. The van der Waals surface area contributed by atoms with Gasteiger partial charge in [0.1, 0.15) is 5.75 Å². The SMILES string of the molecule is COc1cccc([C]=O)c1C(=O)c1ccccc1. The molecule has 0 spiro atoms. The van der Waals surface area contributed by atoms with E-state index in [0.29, 0.717) is 11.3 Å². The van der Waals surface area contributed by atoms with Crippen LogP contribution in [0.5, 0.6) is 5.75 Å². The molecule has 0 atom stereocenters. The maximum absolute atomic E-state index is 12.3. The van der Waals surface area contributed by atoms with Crippen molar-refractivity contribution in [2.45, 2.75) is 0 Å². The van der Waals surface area contributed by atoms with E-state index in [-0.39, 0.29) is 16.9 Å². The second kappa shape index (κ2) is 5.27. The smallest absolute Gasteiger partial charge is 0.234 e. The van der Waals surface area contributed by atoms with E-state index in [1.807, 2.05) is 6.07 Å². The van der Waals surface area contributed by atoms with Crippen molar-refractivity contribution in [1.82, 2.24) is 0 Å². The Balaban J connectivity index is 2.57. The van der Waals surface area contributed by atoms with Gasteiger partial charge in [0.25, 0.3) is 0 Å². The molecule has 18 heavy (non-hydrogen) atoms. The average Bonchev–Trinajstić information content (AvgIpc) is 2.46. The third-order valence-corrected chi connectivity index (χ3v) is 2.62. The zero-order valence-corrected chi connectivity index (χ0v) is 9.84. The minimum Gasteiger partial charge on any atom is -0.496 e. The van der Waals surface area contributed by atoms with Gasteiger partial charge in [0, 0.05) is 11.1 Å². The summed E-state index contributed by atoms with van der Waals surface area (Å²) >= 11 is 0. The van der Waals surface area contributed by atoms with Gasteiger partial charge in [0.15, 0.2) is 5.78 Å². The topological polar surface area (TPSA) is 43.4 Å². The van der Waals surface area contributed by atoms with Crippen LogP contribution in [0, 0.1) is 0 Å². The van der Waals surface area contributed by atoms with Crippen molar-refractivity contribution in [3.8, 4) is 5.75 Å². The standard InChI is InChI=1S/C15H11O3/c1-18-13-9-5-8-12(10-16)14(13)15(17)11-6-3-2-4-7-11/h2-9H,1H3. The molecular weight excluding hydrogens is 228 g/mol. The lowest BCUT2D eigenvalue weighted by Gasteiger charge is -2.09. The van der Waals surface area contributed by atoms with Gasteiger partial charge >= 0.3 is 0 Å². The van der Waals surface area contributed by atoms with Crippen molar-refractivity contribution in [3.63, 3.8) is 0 Å². The molecule has 0 aliphatic rings. The largest absolute Gasteiger partial charge is 0.496 e. The molecule has 3 heteroatoms. The number of hydrogen-bond acceptors (Lipinski definition) is 3. The molecule has 0 unspecified atom stereocenters. The van der Waals surface area contributed by atoms with Gasteiger partial charge in [-0.05, 0) is 12.1 Å². The Morgan fingerprint density at radius 3 is 2.39 bits per heavy atom. The van der Waals surface area contributed by atoms with E-state index in [4.69, 9.17) is 4.74 Å². The van der Waals surface area contributed by atoms with Crippen molar-refractivity contribution < 1.29 is 14.3 Å². The van der Waals surface area contributed by atoms with Crippen LogP contribution in [0.4, 0.5) is 0 Å². The zero-order valence-electron chi connectivity index (χ0n) is 9.84. The number of benzene rings is 2. The number of rotatable bonds is 4. The third-order valence-electron chi connectivity index (χ3n) is 2.62. The molecule has 2 aromatic rings. The first-order valence-corrected chi connectivity index (χ1v) is 5.43. The van der Waals surface area contributed by atoms with E-state index in [1.165, 1.54) is 7.11 Å². The number of ketones is 1. The number of carbonyl (C=O) groups is 1. The first kappa shape index (κ1) is 12.0. The lowest BCUT2D eigenvalue weighted by atomic mass is 9.98. The van der Waals surface area contributed by atoms with Gasteiger partial charge in [-0.15, -0.1) is 0 Å². The van der Waals surface area contributed by atoms with Gasteiger partial charge < -0.3 is 4.74 Å². The fraction of sp³-hybridized carbons (Fsp3) is 0.0667. The molecule has 0 saturated carbocycles. The van der Waals surface area contributed by atoms with Crippen LogP contribution in [0.1, 0.15) is 21.5 Å². The van der Waals surface area contributed by atoms with Crippen molar-refractivity contribution in [2.24, 2.45) is 0 Å². The molecule has 0 aliphatic carbocycles. The number of ether oxygens (including phenoxy) is 1. The number of carbonyl (C=O) groups excluding carboxylic acids is 2. The molecule has 0 amide bonds. The van der Waals surface area contributed by atoms with E-state index in [2.05, 4.69) is 0 Å². The highest BCUT2D eigenvalue weighted by Crippen LogP contribution is 2.24. The normalized spacial score (nSPS) is 9.83. The molecule has 89 valence electrons. The number of methoxy groups -OCH3 is 1. The monoisotopic (exact) mass is 239 g/mol. The minimum atomic E-state index is -0.244. The summed E-state index contributed by atoms with van der Waals surface area (Å²) in [6, 6.07) is 13.6. The van der Waals surface area contributed by atoms with Crippen LogP contribution >= 0.6 is 0 Å². The molecule has 0 aromatic heterocycles. The van der Waals surface area contributed by atoms with E-state index < -0.39 is 0 Å². The van der Waals surface area contributed by atoms with Crippen LogP contribution in [0.15, 0.2) is 48.5 Å². The van der Waals surface area contributed by atoms with Crippen LogP contribution in [-0.2, 0) is 4.79 Å². The predicted molar refractivity (Wildman–Crippen MR) is 67.7 cm³/mol. The Labute approximate surface area is 105 Å². The molecule has 0 fully saturated rings. The maximum Gasteiger partial charge on any atom is 0.234 e. The quantitative estimate of drug-likeness (QED) is 0.769. The van der Waals surface area contributed by atoms with Crippen LogP contribution in [0.2, 0.25) is 0 Å². The summed E-state index contributed by atoms with van der Waals surface area (Å²) in [5.41, 5.74) is 0.975. The Kier molecular flexibility index (Phi) is 3.53. The van der Waals surface area contributed by atoms with Crippen LogP contribution in [0.3, 0.4) is 0 Å². The van der Waals surface area contributed by atoms with Crippen LogP contribution < -0.4 is 4.74 Å². The fourth-order valence-corrected chi connectivity index (χ4v) is 1.75. The summed E-state index contributed by atoms with van der Waals surface area (Å²) in [5, 5.41) is 0. The van der Waals surface area contributed by atoms with Crippen molar-refractivity contribution in [2.75, 3.05) is 7.11 Å². The van der Waals surface area contributed by atoms with Gasteiger partial charge in [0.05, 0.1) is 12.7 Å². The minimum absolute atomic E-state index is 0.211. The summed E-state index contributed by atoms with van der Waals surface area (Å²) in [6.07, 6.45) is 1.77. The van der Waals surface area contributed by atoms with Gasteiger partial charge in [-0.25, -0.2) is 0 Å². The second-order valence-corrected chi connectivity index (χ2v) is 3.68. The van der Waals surface area contributed by atoms with E-state index in [1.54, 1.807) is 48.8 Å². The predicted octanol–water partition coefficient (Wildman–Crippen LogP) is 2.38. The van der Waals surface area contributed by atoms with Gasteiger partial charge in [-0.3, -0.25) is 9.59 Å². The first-order chi connectivity index (χ1) is 8.77. The lowest BCUT2D eigenvalue weighted by molar-refractivity contribution is 0.103. The summed E-state index contributed by atoms with van der Waals surface area (Å²) in [5.74, 6) is 0.135. The first-order valence-electron chi connectivity index (χ1n) is 5.43. The van der Waals surface area contributed by atoms with Gasteiger partial charge in [0.2, 0.25) is 6.29 Å². The highest BCUT2D eigenvalue weighted by molar-refractivity contribution is 6.14. The molecule has 3 nitrogen and oxygen atoms in total. The average molecular weight is 239 g/mol. The Morgan fingerprint density at radius 1 is 1.06 bits per heavy atom. The van der Waals surface area contributed by atoms with Crippen LogP contribution in [0.25, 0.3) is 0 Å². The summed E-state index contributed by atoms with van der Waals surface area (Å²) < 4.78 is 5.13. The molecule has 0 heterocycles. The van der Waals surface area contributed by atoms with E-state index in [9.17, 15) is 9.59 Å². The van der Waals surface area contributed by atoms with Crippen LogP contribution in [-0.4, -0.2) is 19.2 Å². The Morgan fingerprint density at radius 2 is 1.78 bits per heavy atom. The molecule has 0 aliphatic heterocycles.